The third-order valence-corrected chi connectivity index (χ3v) is 4.53. The summed E-state index contributed by atoms with van der Waals surface area (Å²) < 4.78 is 9.62. The maximum Gasteiger partial charge on any atom is 0.277 e. The molecule has 0 saturated heterocycles. The molecule has 0 bridgehead atoms. The van der Waals surface area contributed by atoms with E-state index in [-0.39, 0.29) is 23.2 Å². The van der Waals surface area contributed by atoms with Gasteiger partial charge >= 0.3 is 0 Å². The number of carbonyl (C=O) groups excluding carboxylic acids is 2. The van der Waals surface area contributed by atoms with Crippen molar-refractivity contribution in [1.29, 1.82) is 0 Å². The van der Waals surface area contributed by atoms with Gasteiger partial charge in [-0.1, -0.05) is 45.6 Å². The van der Waals surface area contributed by atoms with Crippen molar-refractivity contribution in [2.24, 2.45) is 0 Å². The van der Waals surface area contributed by atoms with E-state index in [1.54, 1.807) is 74.5 Å². The number of aromatic nitrogens is 2. The van der Waals surface area contributed by atoms with E-state index in [1.165, 1.54) is 0 Å². The van der Waals surface area contributed by atoms with Gasteiger partial charge in [0, 0.05) is 22.8 Å². The number of aryl methyl sites for hydroxylation is 2. The maximum absolute atomic E-state index is 11.7. The molecule has 0 unspecified atom stereocenters. The van der Waals surface area contributed by atoms with Crippen LogP contribution in [0.3, 0.4) is 0 Å². The minimum Gasteiger partial charge on any atom is -0.361 e. The van der Waals surface area contributed by atoms with Crippen molar-refractivity contribution in [1.82, 2.24) is 10.3 Å². The Bertz CT molecular complexity index is 1220. The average Bonchev–Trinajstić information content (AvgIpc) is 3.40. The summed E-state index contributed by atoms with van der Waals surface area (Å²) in [5, 5.41) is 13.7. The van der Waals surface area contributed by atoms with Crippen molar-refractivity contribution in [3.05, 3.63) is 93.6 Å². The van der Waals surface area contributed by atoms with Gasteiger partial charge in [0.05, 0.1) is 10.7 Å². The molecule has 4 aromatic rings. The number of nitrogens with one attached hydrogen (secondary N) is 2. The largest absolute Gasteiger partial charge is 0.361 e. The van der Waals surface area contributed by atoms with E-state index in [9.17, 15) is 9.59 Å². The van der Waals surface area contributed by atoms with Crippen LogP contribution in [0, 0.1) is 13.8 Å². The first kappa shape index (κ1) is 23.1. The second kappa shape index (κ2) is 10.6. The topological polar surface area (TPSA) is 110 Å². The second-order valence-electron chi connectivity index (χ2n) is 6.54. The van der Waals surface area contributed by atoms with E-state index in [4.69, 9.17) is 32.2 Å². The van der Waals surface area contributed by atoms with Gasteiger partial charge in [0.15, 0.2) is 11.4 Å². The van der Waals surface area contributed by atoms with Crippen LogP contribution in [-0.2, 0) is 0 Å². The molecule has 2 aromatic carbocycles. The molecular formula is C22H18Cl2N4O4. The summed E-state index contributed by atoms with van der Waals surface area (Å²) in [6.07, 6.45) is 0. The third kappa shape index (κ3) is 6.44. The van der Waals surface area contributed by atoms with Crippen LogP contribution in [0.2, 0.25) is 10.0 Å². The summed E-state index contributed by atoms with van der Waals surface area (Å²) in [7, 11) is 0. The average molecular weight is 473 g/mol. The Labute approximate surface area is 193 Å². The molecule has 2 heterocycles. The van der Waals surface area contributed by atoms with Crippen molar-refractivity contribution in [2.45, 2.75) is 13.8 Å². The molecule has 0 aliphatic carbocycles. The van der Waals surface area contributed by atoms with E-state index < -0.39 is 0 Å². The number of para-hydroxylation sites is 1. The summed E-state index contributed by atoms with van der Waals surface area (Å²) in [5.74, 6) is 0.537. The van der Waals surface area contributed by atoms with Crippen LogP contribution in [0.5, 0.6) is 0 Å². The van der Waals surface area contributed by atoms with Crippen molar-refractivity contribution in [3.63, 3.8) is 0 Å². The first-order valence-electron chi connectivity index (χ1n) is 9.31. The number of nitrogens with zero attached hydrogens (tertiary/aromatic N) is 2. The van der Waals surface area contributed by atoms with Crippen LogP contribution in [0.15, 0.2) is 69.7 Å². The van der Waals surface area contributed by atoms with Gasteiger partial charge in [-0.05, 0) is 50.2 Å². The Balaban J connectivity index is 0.000000181. The molecule has 0 radical (unpaired) electrons. The van der Waals surface area contributed by atoms with Gasteiger partial charge in [-0.25, -0.2) is 0 Å². The molecule has 10 heteroatoms. The highest BCUT2D eigenvalue weighted by atomic mass is 35.5. The van der Waals surface area contributed by atoms with Crippen LogP contribution in [0.1, 0.15) is 32.5 Å². The van der Waals surface area contributed by atoms with Crippen LogP contribution in [0.4, 0.5) is 11.4 Å². The van der Waals surface area contributed by atoms with Gasteiger partial charge in [-0.15, -0.1) is 0 Å². The van der Waals surface area contributed by atoms with Gasteiger partial charge in [-0.3, -0.25) is 9.59 Å². The van der Waals surface area contributed by atoms with Crippen molar-refractivity contribution in [3.8, 4) is 0 Å². The van der Waals surface area contributed by atoms with E-state index in [0.717, 1.165) is 0 Å². The predicted molar refractivity (Wildman–Crippen MR) is 121 cm³/mol. The van der Waals surface area contributed by atoms with Gasteiger partial charge in [-0.2, -0.15) is 0 Å². The number of halogens is 2. The summed E-state index contributed by atoms with van der Waals surface area (Å²) in [5.41, 5.74) is 1.70. The maximum atomic E-state index is 11.7. The molecule has 0 aliphatic rings. The summed E-state index contributed by atoms with van der Waals surface area (Å²) in [6.45, 7) is 3.45. The Hall–Kier alpha value is -3.62. The fourth-order valence-corrected chi connectivity index (χ4v) is 2.73. The lowest BCUT2D eigenvalue weighted by Crippen LogP contribution is -2.12. The highest BCUT2D eigenvalue weighted by Crippen LogP contribution is 2.21. The Morgan fingerprint density at radius 1 is 0.781 bits per heavy atom. The zero-order chi connectivity index (χ0) is 23.1. The molecule has 0 fully saturated rings. The molecule has 164 valence electrons. The molecule has 0 spiro atoms. The molecule has 4 rings (SSSR count). The van der Waals surface area contributed by atoms with Crippen LogP contribution >= 0.6 is 23.2 Å². The standard InChI is InChI=1S/2C11H9ClN2O2/c1-7-6-10(14-16-7)11(15)13-9-4-2-8(12)3-5-9;1-7-6-10(14-16-7)11(15)13-9-5-3-2-4-8(9)12/h2*2-6H,1H3,(H,13,15). The Morgan fingerprint density at radius 3 is 1.81 bits per heavy atom. The number of hydrogen-bond donors (Lipinski definition) is 2. The zero-order valence-corrected chi connectivity index (χ0v) is 18.6. The molecule has 2 aromatic heterocycles. The molecular weight excluding hydrogens is 455 g/mol. The SMILES string of the molecule is Cc1cc(C(=O)Nc2ccc(Cl)cc2)no1.Cc1cc(C(=O)Nc2ccccc2Cl)no1. The number of rotatable bonds is 4. The lowest BCUT2D eigenvalue weighted by Gasteiger charge is -2.03. The Kier molecular flexibility index (Phi) is 7.64. The van der Waals surface area contributed by atoms with Crippen molar-refractivity contribution in [2.75, 3.05) is 10.6 Å². The van der Waals surface area contributed by atoms with E-state index in [2.05, 4.69) is 20.9 Å². The number of anilines is 2. The fourth-order valence-electron chi connectivity index (χ4n) is 2.42. The summed E-state index contributed by atoms with van der Waals surface area (Å²) >= 11 is 11.6. The lowest BCUT2D eigenvalue weighted by molar-refractivity contribution is 0.101. The smallest absolute Gasteiger partial charge is 0.277 e. The van der Waals surface area contributed by atoms with Gasteiger partial charge < -0.3 is 19.7 Å². The summed E-state index contributed by atoms with van der Waals surface area (Å²) in [4.78, 5) is 23.3. The van der Waals surface area contributed by atoms with Crippen molar-refractivity contribution < 1.29 is 18.6 Å². The van der Waals surface area contributed by atoms with Crippen LogP contribution in [-0.4, -0.2) is 22.1 Å². The quantitative estimate of drug-likeness (QED) is 0.389. The zero-order valence-electron chi connectivity index (χ0n) is 17.1. The number of hydrogen-bond acceptors (Lipinski definition) is 6. The fraction of sp³-hybridized carbons (Fsp3) is 0.0909. The number of benzene rings is 2. The van der Waals surface area contributed by atoms with E-state index in [0.29, 0.717) is 32.9 Å². The molecule has 0 aliphatic heterocycles. The molecule has 32 heavy (non-hydrogen) atoms. The molecule has 0 atom stereocenters. The molecule has 2 amide bonds. The number of carbonyl (C=O) groups is 2. The van der Waals surface area contributed by atoms with Crippen molar-refractivity contribution >= 4 is 46.4 Å². The van der Waals surface area contributed by atoms with E-state index >= 15 is 0 Å². The highest BCUT2D eigenvalue weighted by Gasteiger charge is 2.12. The number of amides is 2. The van der Waals surface area contributed by atoms with Gasteiger partial charge in [0.2, 0.25) is 0 Å². The Morgan fingerprint density at radius 2 is 1.31 bits per heavy atom. The molecule has 2 N–H and O–H groups in total. The minimum absolute atomic E-state index is 0.234. The third-order valence-electron chi connectivity index (χ3n) is 3.95. The molecule has 0 saturated carbocycles. The van der Waals surface area contributed by atoms with Gasteiger partial charge in [0.25, 0.3) is 11.8 Å². The lowest BCUT2D eigenvalue weighted by atomic mass is 10.3. The van der Waals surface area contributed by atoms with Crippen LogP contribution < -0.4 is 10.6 Å². The normalized spacial score (nSPS) is 10.1. The van der Waals surface area contributed by atoms with Crippen LogP contribution in [0.25, 0.3) is 0 Å². The summed E-state index contributed by atoms with van der Waals surface area (Å²) in [6, 6.07) is 17.0. The minimum atomic E-state index is -0.343. The molecule has 8 nitrogen and oxygen atoms in total. The highest BCUT2D eigenvalue weighted by molar-refractivity contribution is 6.33. The monoisotopic (exact) mass is 472 g/mol. The predicted octanol–water partition coefficient (Wildman–Crippen LogP) is 5.78. The second-order valence-corrected chi connectivity index (χ2v) is 7.38. The first-order valence-corrected chi connectivity index (χ1v) is 10.1. The first-order chi connectivity index (χ1) is 15.3. The van der Waals surface area contributed by atoms with E-state index in [1.807, 2.05) is 0 Å². The van der Waals surface area contributed by atoms with Gasteiger partial charge in [0.1, 0.15) is 11.5 Å².